The molecule has 0 saturated heterocycles. The number of para-hydroxylation sites is 1. The number of aryl methyl sites for hydroxylation is 1. The smallest absolute Gasteiger partial charge is 0.261 e. The van der Waals surface area contributed by atoms with Gasteiger partial charge in [-0.1, -0.05) is 24.3 Å². The Morgan fingerprint density at radius 2 is 1.69 bits per heavy atom. The first-order valence-corrected chi connectivity index (χ1v) is 10.6. The summed E-state index contributed by atoms with van der Waals surface area (Å²) in [6.45, 7) is 4.29. The highest BCUT2D eigenvalue weighted by atomic mass is 32.2. The van der Waals surface area contributed by atoms with Crippen molar-refractivity contribution in [3.05, 3.63) is 83.9 Å². The van der Waals surface area contributed by atoms with E-state index in [0.29, 0.717) is 23.7 Å². The Balaban J connectivity index is 1.78. The SMILES string of the molecule is CCOc1ccc(NS(=O)(=O)c2cccc(C(=O)Nc3ccccc3C)c2)cc1. The Labute approximate surface area is 170 Å². The van der Waals surface area contributed by atoms with E-state index in [1.165, 1.54) is 12.1 Å². The van der Waals surface area contributed by atoms with Gasteiger partial charge in [0.05, 0.1) is 11.5 Å². The van der Waals surface area contributed by atoms with Crippen molar-refractivity contribution in [3.63, 3.8) is 0 Å². The van der Waals surface area contributed by atoms with Gasteiger partial charge in [0.1, 0.15) is 5.75 Å². The van der Waals surface area contributed by atoms with Crippen LogP contribution in [0.2, 0.25) is 0 Å². The molecule has 0 heterocycles. The molecule has 2 N–H and O–H groups in total. The Morgan fingerprint density at radius 1 is 0.966 bits per heavy atom. The zero-order valence-corrected chi connectivity index (χ0v) is 17.0. The highest BCUT2D eigenvalue weighted by molar-refractivity contribution is 7.92. The Bertz CT molecular complexity index is 1110. The molecule has 0 aromatic heterocycles. The van der Waals surface area contributed by atoms with Gasteiger partial charge >= 0.3 is 0 Å². The molecule has 1 amide bonds. The first kappa shape index (κ1) is 20.4. The molecule has 3 rings (SSSR count). The van der Waals surface area contributed by atoms with Gasteiger partial charge in [-0.05, 0) is 67.9 Å². The number of hydrogen-bond donors (Lipinski definition) is 2. The third kappa shape index (κ3) is 5.14. The number of benzene rings is 3. The number of anilines is 2. The van der Waals surface area contributed by atoms with Crippen LogP contribution in [0.3, 0.4) is 0 Å². The number of nitrogens with one attached hydrogen (secondary N) is 2. The predicted octanol–water partition coefficient (Wildman–Crippen LogP) is 4.45. The zero-order valence-electron chi connectivity index (χ0n) is 16.2. The molecular weight excluding hydrogens is 388 g/mol. The molecule has 0 atom stereocenters. The molecule has 0 spiro atoms. The molecule has 0 aliphatic rings. The summed E-state index contributed by atoms with van der Waals surface area (Å²) < 4.78 is 33.3. The summed E-state index contributed by atoms with van der Waals surface area (Å²) in [6, 6.07) is 19.9. The fourth-order valence-electron chi connectivity index (χ4n) is 2.71. The van der Waals surface area contributed by atoms with E-state index in [9.17, 15) is 13.2 Å². The number of sulfonamides is 1. The van der Waals surface area contributed by atoms with Gasteiger partial charge in [-0.3, -0.25) is 9.52 Å². The third-order valence-electron chi connectivity index (χ3n) is 4.22. The van der Waals surface area contributed by atoms with Crippen LogP contribution in [-0.4, -0.2) is 20.9 Å². The third-order valence-corrected chi connectivity index (χ3v) is 5.60. The van der Waals surface area contributed by atoms with Gasteiger partial charge in [0, 0.05) is 16.9 Å². The van der Waals surface area contributed by atoms with Crippen LogP contribution in [-0.2, 0) is 10.0 Å². The van der Waals surface area contributed by atoms with E-state index in [4.69, 9.17) is 4.74 Å². The standard InChI is InChI=1S/C22H22N2O4S/c1-3-28-19-13-11-18(12-14-19)24-29(26,27)20-9-6-8-17(15-20)22(25)23-21-10-5-4-7-16(21)2/h4-15,24H,3H2,1-2H3,(H,23,25). The highest BCUT2D eigenvalue weighted by Gasteiger charge is 2.17. The minimum absolute atomic E-state index is 0.00354. The van der Waals surface area contributed by atoms with Gasteiger partial charge in [0.2, 0.25) is 0 Å². The van der Waals surface area contributed by atoms with Gasteiger partial charge in [-0.25, -0.2) is 8.42 Å². The average Bonchev–Trinajstić information content (AvgIpc) is 2.71. The minimum Gasteiger partial charge on any atom is -0.494 e. The van der Waals surface area contributed by atoms with Crippen LogP contribution >= 0.6 is 0 Å². The lowest BCUT2D eigenvalue weighted by molar-refractivity contribution is 0.102. The summed E-state index contributed by atoms with van der Waals surface area (Å²) in [5, 5.41) is 2.80. The summed E-state index contributed by atoms with van der Waals surface area (Å²) >= 11 is 0. The van der Waals surface area contributed by atoms with Crippen molar-refractivity contribution in [2.45, 2.75) is 18.7 Å². The van der Waals surface area contributed by atoms with Crippen molar-refractivity contribution in [1.29, 1.82) is 0 Å². The van der Waals surface area contributed by atoms with E-state index in [1.54, 1.807) is 42.5 Å². The second-order valence-corrected chi connectivity index (χ2v) is 8.04. The molecule has 0 saturated carbocycles. The van der Waals surface area contributed by atoms with Crippen LogP contribution < -0.4 is 14.8 Å². The molecule has 0 bridgehead atoms. The second kappa shape index (κ2) is 8.79. The number of ether oxygens (including phenoxy) is 1. The van der Waals surface area contributed by atoms with E-state index in [2.05, 4.69) is 10.0 Å². The van der Waals surface area contributed by atoms with E-state index in [0.717, 1.165) is 5.56 Å². The summed E-state index contributed by atoms with van der Waals surface area (Å²) in [5.41, 5.74) is 2.26. The summed E-state index contributed by atoms with van der Waals surface area (Å²) in [4.78, 5) is 12.6. The maximum absolute atomic E-state index is 12.7. The maximum atomic E-state index is 12.7. The Kier molecular flexibility index (Phi) is 6.19. The molecule has 0 aliphatic heterocycles. The van der Waals surface area contributed by atoms with E-state index < -0.39 is 10.0 Å². The number of carbonyl (C=O) groups excluding carboxylic acids is 1. The van der Waals surface area contributed by atoms with Crippen molar-refractivity contribution in [3.8, 4) is 5.75 Å². The number of amides is 1. The molecule has 6 nitrogen and oxygen atoms in total. The second-order valence-electron chi connectivity index (χ2n) is 6.36. The fraction of sp³-hybridized carbons (Fsp3) is 0.136. The normalized spacial score (nSPS) is 11.0. The molecular formula is C22H22N2O4S. The monoisotopic (exact) mass is 410 g/mol. The number of hydrogen-bond acceptors (Lipinski definition) is 4. The molecule has 150 valence electrons. The van der Waals surface area contributed by atoms with Crippen LogP contribution in [0.1, 0.15) is 22.8 Å². The topological polar surface area (TPSA) is 84.5 Å². The molecule has 7 heteroatoms. The maximum Gasteiger partial charge on any atom is 0.261 e. The molecule has 3 aromatic carbocycles. The number of carbonyl (C=O) groups is 1. The lowest BCUT2D eigenvalue weighted by Gasteiger charge is -2.11. The van der Waals surface area contributed by atoms with Crippen LogP contribution in [0.25, 0.3) is 0 Å². The molecule has 0 fully saturated rings. The Hall–Kier alpha value is -3.32. The summed E-state index contributed by atoms with van der Waals surface area (Å²) in [7, 11) is -3.85. The van der Waals surface area contributed by atoms with Crippen LogP contribution in [0.4, 0.5) is 11.4 Å². The quantitative estimate of drug-likeness (QED) is 0.603. The lowest BCUT2D eigenvalue weighted by Crippen LogP contribution is -2.16. The predicted molar refractivity (Wildman–Crippen MR) is 114 cm³/mol. The van der Waals surface area contributed by atoms with Crippen LogP contribution in [0.5, 0.6) is 5.75 Å². The molecule has 0 radical (unpaired) electrons. The van der Waals surface area contributed by atoms with E-state index in [1.807, 2.05) is 32.0 Å². The zero-order chi connectivity index (χ0) is 20.9. The summed E-state index contributed by atoms with van der Waals surface area (Å²) in [6.07, 6.45) is 0. The van der Waals surface area contributed by atoms with Crippen LogP contribution in [0, 0.1) is 6.92 Å². The van der Waals surface area contributed by atoms with Crippen LogP contribution in [0.15, 0.2) is 77.7 Å². The fourth-order valence-corrected chi connectivity index (χ4v) is 3.82. The molecule has 0 aliphatic carbocycles. The highest BCUT2D eigenvalue weighted by Crippen LogP contribution is 2.21. The van der Waals surface area contributed by atoms with Crippen molar-refractivity contribution < 1.29 is 17.9 Å². The van der Waals surface area contributed by atoms with Crippen molar-refractivity contribution in [2.75, 3.05) is 16.6 Å². The average molecular weight is 410 g/mol. The van der Waals surface area contributed by atoms with E-state index in [-0.39, 0.29) is 16.4 Å². The largest absolute Gasteiger partial charge is 0.494 e. The van der Waals surface area contributed by atoms with Gasteiger partial charge < -0.3 is 10.1 Å². The van der Waals surface area contributed by atoms with Gasteiger partial charge in [-0.15, -0.1) is 0 Å². The van der Waals surface area contributed by atoms with Crippen molar-refractivity contribution >= 4 is 27.3 Å². The lowest BCUT2D eigenvalue weighted by atomic mass is 10.1. The summed E-state index contributed by atoms with van der Waals surface area (Å²) in [5.74, 6) is 0.280. The van der Waals surface area contributed by atoms with Gasteiger partial charge in [0.25, 0.3) is 15.9 Å². The Morgan fingerprint density at radius 3 is 2.38 bits per heavy atom. The van der Waals surface area contributed by atoms with Crippen molar-refractivity contribution in [2.24, 2.45) is 0 Å². The van der Waals surface area contributed by atoms with Crippen molar-refractivity contribution in [1.82, 2.24) is 0 Å². The number of rotatable bonds is 7. The first-order valence-electron chi connectivity index (χ1n) is 9.12. The molecule has 29 heavy (non-hydrogen) atoms. The first-order chi connectivity index (χ1) is 13.9. The van der Waals surface area contributed by atoms with Gasteiger partial charge in [-0.2, -0.15) is 0 Å². The van der Waals surface area contributed by atoms with Gasteiger partial charge in [0.15, 0.2) is 0 Å². The molecule has 0 unspecified atom stereocenters. The van der Waals surface area contributed by atoms with E-state index >= 15 is 0 Å². The minimum atomic E-state index is -3.85. The molecule has 3 aromatic rings.